The molecule has 0 bridgehead atoms. The average molecular weight is 586 g/mol. The van der Waals surface area contributed by atoms with E-state index in [1.807, 2.05) is 58.3 Å². The molecule has 2 aliphatic rings. The predicted octanol–water partition coefficient (Wildman–Crippen LogP) is 7.11. The van der Waals surface area contributed by atoms with Crippen molar-refractivity contribution in [3.8, 4) is 0 Å². The third-order valence-corrected chi connectivity index (χ3v) is 7.33. The molecule has 0 unspecified atom stereocenters. The van der Waals surface area contributed by atoms with Crippen LogP contribution in [0, 0.1) is 11.8 Å². The van der Waals surface area contributed by atoms with Crippen LogP contribution in [-0.4, -0.2) is 34.7 Å². The highest BCUT2D eigenvalue weighted by atomic mass is 79.9. The monoisotopic (exact) mass is 584 g/mol. The van der Waals surface area contributed by atoms with Crippen LogP contribution in [-0.2, 0) is 9.59 Å². The van der Waals surface area contributed by atoms with E-state index in [2.05, 4.69) is 59.6 Å². The summed E-state index contributed by atoms with van der Waals surface area (Å²) < 4.78 is 1.92. The fourth-order valence-corrected chi connectivity index (χ4v) is 4.94. The van der Waals surface area contributed by atoms with E-state index in [9.17, 15) is 9.59 Å². The lowest BCUT2D eigenvalue weighted by Gasteiger charge is -2.26. The Labute approximate surface area is 219 Å². The molecule has 2 aliphatic heterocycles. The van der Waals surface area contributed by atoms with Crippen molar-refractivity contribution in [2.24, 2.45) is 11.8 Å². The highest BCUT2D eigenvalue weighted by Gasteiger charge is 2.48. The highest BCUT2D eigenvalue weighted by Crippen LogP contribution is 2.47. The van der Waals surface area contributed by atoms with Crippen LogP contribution >= 0.6 is 31.9 Å². The maximum atomic E-state index is 14.0. The molecule has 0 fully saturated rings. The molecule has 0 N–H and O–H groups in total. The summed E-state index contributed by atoms with van der Waals surface area (Å²) in [4.78, 5) is 31.6. The molecule has 34 heavy (non-hydrogen) atoms. The molecule has 0 saturated carbocycles. The topological polar surface area (TPSA) is 40.6 Å². The number of carbonyl (C=O) groups excluding carboxylic acids is 2. The summed E-state index contributed by atoms with van der Waals surface area (Å²) >= 11 is 7.01. The van der Waals surface area contributed by atoms with Gasteiger partial charge in [0.2, 0.25) is 0 Å². The van der Waals surface area contributed by atoms with Crippen LogP contribution in [0.1, 0.15) is 51.7 Å². The Kier molecular flexibility index (Phi) is 7.48. The molecule has 6 heteroatoms. The molecule has 0 radical (unpaired) electrons. The molecule has 2 amide bonds. The number of hydrogen-bond donors (Lipinski definition) is 0. The lowest BCUT2D eigenvalue weighted by Crippen LogP contribution is -2.31. The Hall–Kier alpha value is -2.18. The van der Waals surface area contributed by atoms with Gasteiger partial charge in [-0.3, -0.25) is 9.59 Å². The third-order valence-electron chi connectivity index (χ3n) is 6.28. The zero-order valence-electron chi connectivity index (χ0n) is 20.1. The standard InChI is InChI=1S/C28H30Br2N2O2/c1-17(2)13-15-31-25(19-5-9-21(29)10-6-19)23-24(27(31)33)26(20-7-11-22(30)12-8-20)32(28(23)34)16-14-18(3)4/h5-12,17-18H,13-16H2,1-4H3. The molecular weight excluding hydrogens is 556 g/mol. The zero-order valence-corrected chi connectivity index (χ0v) is 23.2. The van der Waals surface area contributed by atoms with E-state index < -0.39 is 0 Å². The summed E-state index contributed by atoms with van der Waals surface area (Å²) in [6.07, 6.45) is 1.73. The van der Waals surface area contributed by atoms with Crippen LogP contribution in [0.25, 0.3) is 11.4 Å². The van der Waals surface area contributed by atoms with E-state index in [1.54, 1.807) is 0 Å². The minimum Gasteiger partial charge on any atom is -0.307 e. The predicted molar refractivity (Wildman–Crippen MR) is 144 cm³/mol. The Balaban J connectivity index is 1.93. The SMILES string of the molecule is CC(C)CCN1C(=O)C2=C(c3ccc(Br)cc3)N(CCC(C)C)C(=O)C2=C1c1ccc(Br)cc1. The van der Waals surface area contributed by atoms with Gasteiger partial charge in [0.15, 0.2) is 0 Å². The van der Waals surface area contributed by atoms with Gasteiger partial charge in [-0.1, -0.05) is 83.8 Å². The first kappa shape index (κ1) is 24.9. The number of benzene rings is 2. The van der Waals surface area contributed by atoms with Crippen LogP contribution in [0.2, 0.25) is 0 Å². The first-order valence-corrected chi connectivity index (χ1v) is 13.4. The van der Waals surface area contributed by atoms with Gasteiger partial charge in [0.1, 0.15) is 0 Å². The van der Waals surface area contributed by atoms with Gasteiger partial charge >= 0.3 is 0 Å². The summed E-state index contributed by atoms with van der Waals surface area (Å²) in [5, 5.41) is 0. The van der Waals surface area contributed by atoms with Gasteiger partial charge in [-0.25, -0.2) is 0 Å². The van der Waals surface area contributed by atoms with E-state index in [0.29, 0.717) is 36.1 Å². The van der Waals surface area contributed by atoms with Gasteiger partial charge in [-0.05, 0) is 60.1 Å². The van der Waals surface area contributed by atoms with Gasteiger partial charge in [0.05, 0.1) is 22.5 Å². The van der Waals surface area contributed by atoms with Crippen molar-refractivity contribution >= 4 is 55.1 Å². The van der Waals surface area contributed by atoms with Gasteiger partial charge in [-0.2, -0.15) is 0 Å². The molecule has 2 aromatic rings. The molecule has 2 aromatic carbocycles. The number of carbonyl (C=O) groups is 2. The molecule has 178 valence electrons. The maximum absolute atomic E-state index is 14.0. The molecule has 0 aliphatic carbocycles. The van der Waals surface area contributed by atoms with Gasteiger partial charge in [0.25, 0.3) is 11.8 Å². The molecule has 0 saturated heterocycles. The molecule has 0 atom stereocenters. The summed E-state index contributed by atoms with van der Waals surface area (Å²) in [5.41, 5.74) is 4.33. The van der Waals surface area contributed by atoms with Crippen molar-refractivity contribution in [1.82, 2.24) is 9.80 Å². The minimum atomic E-state index is -0.0770. The lowest BCUT2D eigenvalue weighted by atomic mass is 10.0. The second-order valence-corrected chi connectivity index (χ2v) is 11.6. The number of hydrogen-bond acceptors (Lipinski definition) is 2. The summed E-state index contributed by atoms with van der Waals surface area (Å²) in [6.45, 7) is 9.78. The van der Waals surface area contributed by atoms with Crippen molar-refractivity contribution in [3.63, 3.8) is 0 Å². The van der Waals surface area contributed by atoms with Crippen molar-refractivity contribution in [1.29, 1.82) is 0 Å². The molecule has 0 spiro atoms. The van der Waals surface area contributed by atoms with E-state index in [4.69, 9.17) is 0 Å². The van der Waals surface area contributed by atoms with Crippen LogP contribution in [0.15, 0.2) is 68.6 Å². The maximum Gasteiger partial charge on any atom is 0.261 e. The quantitative estimate of drug-likeness (QED) is 0.331. The molecule has 4 nitrogen and oxygen atoms in total. The van der Waals surface area contributed by atoms with Gasteiger partial charge in [-0.15, -0.1) is 0 Å². The molecule has 2 heterocycles. The van der Waals surface area contributed by atoms with Gasteiger partial charge < -0.3 is 9.80 Å². The second-order valence-electron chi connectivity index (χ2n) is 9.74. The van der Waals surface area contributed by atoms with E-state index in [1.165, 1.54) is 0 Å². The fraction of sp³-hybridized carbons (Fsp3) is 0.357. The van der Waals surface area contributed by atoms with Crippen molar-refractivity contribution in [3.05, 3.63) is 79.7 Å². The Bertz CT molecular complexity index is 1070. The number of nitrogens with zero attached hydrogens (tertiary/aromatic N) is 2. The van der Waals surface area contributed by atoms with Crippen LogP contribution in [0.4, 0.5) is 0 Å². The smallest absolute Gasteiger partial charge is 0.261 e. The molecule has 0 aromatic heterocycles. The number of amides is 2. The van der Waals surface area contributed by atoms with Crippen molar-refractivity contribution in [2.75, 3.05) is 13.1 Å². The average Bonchev–Trinajstić information content (AvgIpc) is 3.23. The fourth-order valence-electron chi connectivity index (χ4n) is 4.41. The Morgan fingerprint density at radius 2 is 0.941 bits per heavy atom. The number of rotatable bonds is 8. The summed E-state index contributed by atoms with van der Waals surface area (Å²) in [7, 11) is 0. The second kappa shape index (κ2) is 10.2. The number of halogens is 2. The lowest BCUT2D eigenvalue weighted by molar-refractivity contribution is -0.124. The first-order valence-electron chi connectivity index (χ1n) is 11.8. The third kappa shape index (κ3) is 4.80. The van der Waals surface area contributed by atoms with E-state index >= 15 is 0 Å². The van der Waals surface area contributed by atoms with Crippen LogP contribution in [0.3, 0.4) is 0 Å². The van der Waals surface area contributed by atoms with Crippen molar-refractivity contribution < 1.29 is 9.59 Å². The number of fused-ring (bicyclic) bond motifs is 1. The minimum absolute atomic E-state index is 0.0770. The van der Waals surface area contributed by atoms with E-state index in [-0.39, 0.29) is 11.8 Å². The summed E-state index contributed by atoms with van der Waals surface area (Å²) in [5.74, 6) is 0.740. The van der Waals surface area contributed by atoms with Gasteiger partial charge in [0, 0.05) is 22.0 Å². The Morgan fingerprint density at radius 3 is 1.24 bits per heavy atom. The molecule has 4 rings (SSSR count). The first-order chi connectivity index (χ1) is 16.2. The summed E-state index contributed by atoms with van der Waals surface area (Å²) in [6, 6.07) is 15.8. The highest BCUT2D eigenvalue weighted by molar-refractivity contribution is 9.10. The van der Waals surface area contributed by atoms with Crippen molar-refractivity contribution in [2.45, 2.75) is 40.5 Å². The van der Waals surface area contributed by atoms with E-state index in [0.717, 1.165) is 44.3 Å². The normalized spacial score (nSPS) is 16.1. The largest absolute Gasteiger partial charge is 0.307 e. The molecular formula is C28H30Br2N2O2. The van der Waals surface area contributed by atoms with Crippen LogP contribution < -0.4 is 0 Å². The Morgan fingerprint density at radius 1 is 0.618 bits per heavy atom. The van der Waals surface area contributed by atoms with Crippen LogP contribution in [0.5, 0.6) is 0 Å². The zero-order chi connectivity index (χ0) is 24.6.